The second kappa shape index (κ2) is 11.7. The van der Waals surface area contributed by atoms with Gasteiger partial charge in [-0.15, -0.1) is 0 Å². The Kier molecular flexibility index (Phi) is 8.76. The van der Waals surface area contributed by atoms with Crippen molar-refractivity contribution in [3.8, 4) is 0 Å². The summed E-state index contributed by atoms with van der Waals surface area (Å²) in [6.07, 6.45) is 1.02. The summed E-state index contributed by atoms with van der Waals surface area (Å²) in [6, 6.07) is 29.9. The molecule has 3 aromatic rings. The Labute approximate surface area is 194 Å². The van der Waals surface area contributed by atoms with Crippen LogP contribution in [0.1, 0.15) is 41.0 Å². The number of amidine groups is 1. The maximum Gasteiger partial charge on any atom is 0.133 e. The second-order valence-electron chi connectivity index (χ2n) is 8.67. The van der Waals surface area contributed by atoms with Crippen molar-refractivity contribution < 1.29 is 0 Å². The Morgan fingerprint density at radius 2 is 1.31 bits per heavy atom. The van der Waals surface area contributed by atoms with E-state index in [1.165, 1.54) is 16.3 Å². The average molecular weight is 444 g/mol. The molecule has 32 heavy (non-hydrogen) atoms. The summed E-state index contributed by atoms with van der Waals surface area (Å²) in [6.45, 7) is 10.8. The Morgan fingerprint density at radius 3 is 1.78 bits per heavy atom. The molecule has 0 heterocycles. The molecule has 0 atom stereocenters. The van der Waals surface area contributed by atoms with Crippen molar-refractivity contribution in [2.75, 3.05) is 5.32 Å². The van der Waals surface area contributed by atoms with E-state index in [1.54, 1.807) is 0 Å². The predicted octanol–water partition coefficient (Wildman–Crippen LogP) is 7.13. The van der Waals surface area contributed by atoms with E-state index in [1.807, 2.05) is 0 Å². The van der Waals surface area contributed by atoms with Crippen molar-refractivity contribution in [2.24, 2.45) is 15.9 Å². The van der Waals surface area contributed by atoms with Crippen molar-refractivity contribution in [3.63, 3.8) is 0 Å². The summed E-state index contributed by atoms with van der Waals surface area (Å²) in [4.78, 5) is 9.80. The molecule has 0 bridgehead atoms. The summed E-state index contributed by atoms with van der Waals surface area (Å²) in [5, 5.41) is 6.22. The van der Waals surface area contributed by atoms with Gasteiger partial charge in [0.25, 0.3) is 0 Å². The third kappa shape index (κ3) is 7.14. The molecule has 0 aromatic heterocycles. The van der Waals surface area contributed by atoms with Crippen LogP contribution in [-0.4, -0.2) is 17.3 Å². The highest BCUT2D eigenvalue weighted by Crippen LogP contribution is 2.36. The smallest absolute Gasteiger partial charge is 0.133 e. The van der Waals surface area contributed by atoms with Crippen LogP contribution in [0.2, 0.25) is 0 Å². The number of nitrogens with one attached hydrogen (secondary N) is 1. The molecule has 3 nitrogen and oxygen atoms in total. The zero-order valence-electron chi connectivity index (χ0n) is 19.8. The summed E-state index contributed by atoms with van der Waals surface area (Å²) >= 11 is 0. The van der Waals surface area contributed by atoms with Crippen LogP contribution in [0.3, 0.4) is 0 Å². The molecule has 3 aromatic carbocycles. The Bertz CT molecular complexity index is 984. The molecular weight excluding hydrogens is 409 g/mol. The van der Waals surface area contributed by atoms with E-state index in [-0.39, 0.29) is 6.04 Å². The van der Waals surface area contributed by atoms with E-state index in [0.717, 1.165) is 23.4 Å². The van der Waals surface area contributed by atoms with Gasteiger partial charge in [-0.25, -0.2) is 0 Å². The van der Waals surface area contributed by atoms with Gasteiger partial charge < -0.3 is 5.32 Å². The fraction of sp³-hybridized carbons (Fsp3) is 0.286. The highest BCUT2D eigenvalue weighted by Gasteiger charge is 2.21. The average Bonchev–Trinajstić information content (AvgIpc) is 2.76. The Balaban J connectivity index is 1.92. The monoisotopic (exact) mass is 443 g/mol. The summed E-state index contributed by atoms with van der Waals surface area (Å²) in [7, 11) is -0.791. The number of benzene rings is 3. The van der Waals surface area contributed by atoms with E-state index >= 15 is 0 Å². The van der Waals surface area contributed by atoms with Gasteiger partial charge in [0.2, 0.25) is 0 Å². The van der Waals surface area contributed by atoms with Crippen molar-refractivity contribution in [3.05, 3.63) is 84.9 Å². The zero-order valence-corrected chi connectivity index (χ0v) is 20.7. The Hall–Kier alpha value is -2.77. The number of hydrogen-bond acceptors (Lipinski definition) is 2. The van der Waals surface area contributed by atoms with Gasteiger partial charge in [-0.05, 0) is 68.0 Å². The van der Waals surface area contributed by atoms with E-state index in [0.29, 0.717) is 5.92 Å². The largest absolute Gasteiger partial charge is 0.340 e. The fourth-order valence-electron chi connectivity index (χ4n) is 3.54. The van der Waals surface area contributed by atoms with Gasteiger partial charge in [0.15, 0.2) is 0 Å². The van der Waals surface area contributed by atoms with Crippen molar-refractivity contribution in [1.82, 2.24) is 0 Å². The minimum Gasteiger partial charge on any atom is -0.340 e. The lowest BCUT2D eigenvalue weighted by Gasteiger charge is -2.23. The lowest BCUT2D eigenvalue weighted by Crippen LogP contribution is -2.24. The molecule has 0 radical (unpaired) electrons. The van der Waals surface area contributed by atoms with E-state index in [9.17, 15) is 0 Å². The first-order valence-electron chi connectivity index (χ1n) is 11.3. The van der Waals surface area contributed by atoms with Crippen molar-refractivity contribution >= 4 is 41.2 Å². The summed E-state index contributed by atoms with van der Waals surface area (Å²) < 4.78 is 0. The normalized spacial score (nSPS) is 12.6. The fourth-order valence-corrected chi connectivity index (χ4v) is 5.86. The number of rotatable bonds is 8. The molecule has 0 saturated carbocycles. The molecule has 166 valence electrons. The Morgan fingerprint density at radius 1 is 0.781 bits per heavy atom. The van der Waals surface area contributed by atoms with E-state index in [4.69, 9.17) is 9.98 Å². The van der Waals surface area contributed by atoms with Crippen LogP contribution in [0.5, 0.6) is 0 Å². The van der Waals surface area contributed by atoms with Gasteiger partial charge in [0.05, 0.1) is 5.69 Å². The molecule has 0 fully saturated rings. The maximum atomic E-state index is 5.04. The molecule has 3 rings (SSSR count). The van der Waals surface area contributed by atoms with Crippen molar-refractivity contribution in [2.45, 2.75) is 47.1 Å². The molecule has 0 amide bonds. The third-order valence-corrected chi connectivity index (χ3v) is 7.05. The lowest BCUT2D eigenvalue weighted by molar-refractivity contribution is 0.682. The molecule has 0 spiro atoms. The minimum absolute atomic E-state index is 0.192. The highest BCUT2D eigenvalue weighted by molar-refractivity contribution is 7.88. The van der Waals surface area contributed by atoms with Crippen LogP contribution in [0.15, 0.2) is 94.9 Å². The summed E-state index contributed by atoms with van der Waals surface area (Å²) in [5.41, 5.74) is 4.20. The number of aliphatic imine (C=N–C) groups is 2. The molecule has 0 saturated heterocycles. The van der Waals surface area contributed by atoms with E-state index < -0.39 is 7.92 Å². The molecule has 4 heteroatoms. The van der Waals surface area contributed by atoms with Crippen LogP contribution in [0.25, 0.3) is 0 Å². The lowest BCUT2D eigenvalue weighted by atomic mass is 10.1. The van der Waals surface area contributed by atoms with Crippen LogP contribution in [0.4, 0.5) is 11.4 Å². The highest BCUT2D eigenvalue weighted by atomic mass is 31.1. The first-order valence-corrected chi connectivity index (χ1v) is 12.7. The van der Waals surface area contributed by atoms with Gasteiger partial charge in [0.1, 0.15) is 5.58 Å². The van der Waals surface area contributed by atoms with E-state index in [2.05, 4.69) is 125 Å². The van der Waals surface area contributed by atoms with Gasteiger partial charge in [-0.1, -0.05) is 74.5 Å². The van der Waals surface area contributed by atoms with Crippen LogP contribution in [-0.2, 0) is 0 Å². The van der Waals surface area contributed by atoms with Crippen LogP contribution < -0.4 is 15.9 Å². The molecule has 0 aliphatic carbocycles. The number of anilines is 1. The summed E-state index contributed by atoms with van der Waals surface area (Å²) in [5.74, 6) is 0.615. The maximum absolute atomic E-state index is 5.04. The third-order valence-electron chi connectivity index (χ3n) is 4.77. The van der Waals surface area contributed by atoms with Gasteiger partial charge >= 0.3 is 0 Å². The predicted molar refractivity (Wildman–Crippen MR) is 144 cm³/mol. The number of nitrogens with zero attached hydrogens (tertiary/aromatic N) is 2. The second-order valence-corrected chi connectivity index (χ2v) is 10.8. The first kappa shape index (κ1) is 23.9. The molecular formula is C28H34N3P. The first-order chi connectivity index (χ1) is 15.4. The molecule has 0 unspecified atom stereocenters. The van der Waals surface area contributed by atoms with Crippen LogP contribution in [0, 0.1) is 5.92 Å². The van der Waals surface area contributed by atoms with Crippen LogP contribution >= 0.6 is 7.92 Å². The van der Waals surface area contributed by atoms with Gasteiger partial charge in [0, 0.05) is 25.4 Å². The molecule has 0 aliphatic rings. The standard InChI is InChI=1S/C28H34N3P/c1-21(2)20-23(5)30-24-16-18-25(19-17-24)31-28(29-22(3)4)32(26-12-8-6-9-13-26)27-14-10-7-11-15-27/h6-19,21-22H,20H2,1-5H3,(H,29,31). The SMILES string of the molecule is CC(CC(C)C)=Nc1ccc(NC(=NC(C)C)P(c2ccccc2)c2ccccc2)cc1. The quantitative estimate of drug-likeness (QED) is 0.224. The minimum atomic E-state index is -0.791. The van der Waals surface area contributed by atoms with Crippen molar-refractivity contribution in [1.29, 1.82) is 0 Å². The number of hydrogen-bond donors (Lipinski definition) is 1. The van der Waals surface area contributed by atoms with Gasteiger partial charge in [-0.2, -0.15) is 0 Å². The molecule has 0 aliphatic heterocycles. The zero-order chi connectivity index (χ0) is 22.9. The molecule has 1 N–H and O–H groups in total. The topological polar surface area (TPSA) is 36.8 Å². The van der Waals surface area contributed by atoms with Gasteiger partial charge in [-0.3, -0.25) is 9.98 Å².